The fourth-order valence-corrected chi connectivity index (χ4v) is 4.28. The predicted octanol–water partition coefficient (Wildman–Crippen LogP) is 6.94. The second kappa shape index (κ2) is 8.71. The van der Waals surface area contributed by atoms with Crippen LogP contribution in [0, 0.1) is 13.8 Å². The summed E-state index contributed by atoms with van der Waals surface area (Å²) in [6.07, 6.45) is 2.03. The minimum Gasteiger partial charge on any atom is -0.258 e. The van der Waals surface area contributed by atoms with Gasteiger partial charge in [0.05, 0.1) is 28.2 Å². The van der Waals surface area contributed by atoms with Crippen LogP contribution in [-0.4, -0.2) is 19.7 Å². The van der Waals surface area contributed by atoms with Gasteiger partial charge in [-0.05, 0) is 81.3 Å². The number of hydrogen-bond acceptors (Lipinski definition) is 3. The van der Waals surface area contributed by atoms with Crippen molar-refractivity contribution in [3.05, 3.63) is 120 Å². The highest BCUT2D eigenvalue weighted by Gasteiger charge is 2.28. The molecule has 0 spiro atoms. The second-order valence-corrected chi connectivity index (χ2v) is 9.18. The Kier molecular flexibility index (Phi) is 5.58. The third-order valence-corrected chi connectivity index (χ3v) is 6.34. The maximum atomic E-state index is 5.03. The second-order valence-electron chi connectivity index (χ2n) is 9.18. The van der Waals surface area contributed by atoms with E-state index in [9.17, 15) is 0 Å². The molecule has 0 saturated carbocycles. The van der Waals surface area contributed by atoms with Gasteiger partial charge < -0.3 is 0 Å². The van der Waals surface area contributed by atoms with Gasteiger partial charge in [-0.15, -0.1) is 0 Å². The minimum absolute atomic E-state index is 0.357. The molecule has 34 heavy (non-hydrogen) atoms. The zero-order valence-corrected chi connectivity index (χ0v) is 20.0. The monoisotopic (exact) mass is 444 g/mol. The lowest BCUT2D eigenvalue weighted by atomic mass is 9.85. The van der Waals surface area contributed by atoms with Crippen LogP contribution in [0.2, 0.25) is 0 Å². The van der Waals surface area contributed by atoms with Crippen molar-refractivity contribution < 1.29 is 0 Å². The smallest absolute Gasteiger partial charge is 0.0744 e. The van der Waals surface area contributed by atoms with Gasteiger partial charge in [-0.1, -0.05) is 48.5 Å². The van der Waals surface area contributed by atoms with Gasteiger partial charge in [0, 0.05) is 23.1 Å². The van der Waals surface area contributed by atoms with E-state index in [1.807, 2.05) is 42.9 Å². The Morgan fingerprint density at radius 3 is 2.24 bits per heavy atom. The summed E-state index contributed by atoms with van der Waals surface area (Å²) in [5.74, 6) is 0. The first kappa shape index (κ1) is 21.8. The van der Waals surface area contributed by atoms with Crippen LogP contribution in [0.15, 0.2) is 97.2 Å². The molecule has 0 radical (unpaired) electrons. The molecule has 5 rings (SSSR count). The Hall–Kier alpha value is -4.05. The average Bonchev–Trinajstić information content (AvgIpc) is 3.36. The molecule has 0 aliphatic heterocycles. The molecule has 5 aromatic rings. The van der Waals surface area contributed by atoms with Crippen LogP contribution in [0.3, 0.4) is 0 Å². The lowest BCUT2D eigenvalue weighted by molar-refractivity contribution is 0.586. The molecule has 0 amide bonds. The van der Waals surface area contributed by atoms with E-state index in [1.54, 1.807) is 0 Å². The maximum Gasteiger partial charge on any atom is 0.0744 e. The molecular formula is C30H28N4. The molecular weight excluding hydrogens is 416 g/mol. The zero-order chi connectivity index (χ0) is 23.7. The van der Waals surface area contributed by atoms with Crippen LogP contribution >= 0.6 is 0 Å². The van der Waals surface area contributed by atoms with Gasteiger partial charge >= 0.3 is 0 Å². The van der Waals surface area contributed by atoms with Crippen molar-refractivity contribution >= 4 is 0 Å². The minimum atomic E-state index is -0.357. The number of aryl methyl sites for hydroxylation is 2. The van der Waals surface area contributed by atoms with E-state index >= 15 is 0 Å². The number of benzene rings is 2. The molecule has 0 aliphatic carbocycles. The third-order valence-electron chi connectivity index (χ3n) is 6.34. The molecule has 4 heteroatoms. The van der Waals surface area contributed by atoms with Crippen LogP contribution in [0.5, 0.6) is 0 Å². The van der Waals surface area contributed by atoms with Crippen molar-refractivity contribution in [3.63, 3.8) is 0 Å². The zero-order valence-electron chi connectivity index (χ0n) is 20.0. The van der Waals surface area contributed by atoms with E-state index in [1.165, 1.54) is 11.1 Å². The van der Waals surface area contributed by atoms with Crippen molar-refractivity contribution in [1.29, 1.82) is 0 Å². The summed E-state index contributed by atoms with van der Waals surface area (Å²) in [5.41, 5.74) is 9.00. The summed E-state index contributed by atoms with van der Waals surface area (Å²) in [4.78, 5) is 9.64. The Labute approximate surface area is 201 Å². The van der Waals surface area contributed by atoms with Crippen molar-refractivity contribution in [1.82, 2.24) is 19.7 Å². The SMILES string of the molecule is Cc1ccc(-c2cccc(C(C)(C)c3ccn(-c4cccc(-c5ccccc5)c4)n3)n2)c(C)n1. The molecule has 3 aromatic heterocycles. The van der Waals surface area contributed by atoms with Gasteiger partial charge in [-0.25, -0.2) is 4.68 Å². The fourth-order valence-electron chi connectivity index (χ4n) is 4.28. The van der Waals surface area contributed by atoms with Gasteiger partial charge in [0.1, 0.15) is 0 Å². The molecule has 0 bridgehead atoms. The average molecular weight is 445 g/mol. The Balaban J connectivity index is 1.48. The number of nitrogens with zero attached hydrogens (tertiary/aromatic N) is 4. The largest absolute Gasteiger partial charge is 0.258 e. The van der Waals surface area contributed by atoms with Crippen LogP contribution in [0.4, 0.5) is 0 Å². The van der Waals surface area contributed by atoms with E-state index in [-0.39, 0.29) is 5.41 Å². The van der Waals surface area contributed by atoms with E-state index < -0.39 is 0 Å². The molecule has 0 N–H and O–H groups in total. The van der Waals surface area contributed by atoms with Gasteiger partial charge in [-0.3, -0.25) is 9.97 Å². The first-order chi connectivity index (χ1) is 16.4. The normalized spacial score (nSPS) is 11.5. The third kappa shape index (κ3) is 4.15. The van der Waals surface area contributed by atoms with Gasteiger partial charge in [0.2, 0.25) is 0 Å². The number of aromatic nitrogens is 4. The van der Waals surface area contributed by atoms with Crippen molar-refractivity contribution in [2.45, 2.75) is 33.1 Å². The number of rotatable bonds is 5. The van der Waals surface area contributed by atoms with Gasteiger partial charge in [0.25, 0.3) is 0 Å². The molecule has 168 valence electrons. The van der Waals surface area contributed by atoms with E-state index in [0.29, 0.717) is 0 Å². The Morgan fingerprint density at radius 2 is 1.44 bits per heavy atom. The van der Waals surface area contributed by atoms with E-state index in [4.69, 9.17) is 10.1 Å². The summed E-state index contributed by atoms with van der Waals surface area (Å²) < 4.78 is 1.95. The van der Waals surface area contributed by atoms with Crippen molar-refractivity contribution in [2.24, 2.45) is 0 Å². The standard InChI is InChI=1S/C30H28N4/c1-21-16-17-26(22(2)31-21)27-14-9-15-28(32-27)30(3,4)29-18-19-34(33-29)25-13-8-12-24(20-25)23-10-6-5-7-11-23/h5-20H,1-4H3. The number of pyridine rings is 2. The quantitative estimate of drug-likeness (QED) is 0.295. The van der Waals surface area contributed by atoms with Gasteiger partial charge in [-0.2, -0.15) is 5.10 Å². The summed E-state index contributed by atoms with van der Waals surface area (Å²) in [6, 6.07) is 31.3. The maximum absolute atomic E-state index is 5.03. The summed E-state index contributed by atoms with van der Waals surface area (Å²) >= 11 is 0. The molecule has 4 nitrogen and oxygen atoms in total. The summed E-state index contributed by atoms with van der Waals surface area (Å²) in [6.45, 7) is 8.39. The highest BCUT2D eigenvalue weighted by Crippen LogP contribution is 2.32. The first-order valence-electron chi connectivity index (χ1n) is 11.6. The van der Waals surface area contributed by atoms with Crippen LogP contribution in [0.25, 0.3) is 28.1 Å². The van der Waals surface area contributed by atoms with E-state index in [0.717, 1.165) is 39.7 Å². The highest BCUT2D eigenvalue weighted by molar-refractivity contribution is 5.66. The van der Waals surface area contributed by atoms with Crippen LogP contribution < -0.4 is 0 Å². The topological polar surface area (TPSA) is 43.6 Å². The Morgan fingerprint density at radius 1 is 0.676 bits per heavy atom. The highest BCUT2D eigenvalue weighted by atomic mass is 15.3. The fraction of sp³-hybridized carbons (Fsp3) is 0.167. The molecule has 3 heterocycles. The molecule has 0 unspecified atom stereocenters. The van der Waals surface area contributed by atoms with Crippen molar-refractivity contribution in [2.75, 3.05) is 0 Å². The number of hydrogen-bond donors (Lipinski definition) is 0. The van der Waals surface area contributed by atoms with Crippen molar-refractivity contribution in [3.8, 4) is 28.1 Å². The Bertz CT molecular complexity index is 1450. The molecule has 0 aliphatic rings. The molecule has 0 fully saturated rings. The molecule has 0 atom stereocenters. The molecule has 0 saturated heterocycles. The van der Waals surface area contributed by atoms with Gasteiger partial charge in [0.15, 0.2) is 0 Å². The lowest BCUT2D eigenvalue weighted by Gasteiger charge is -2.22. The first-order valence-corrected chi connectivity index (χ1v) is 11.6. The molecule has 2 aromatic carbocycles. The summed E-state index contributed by atoms with van der Waals surface area (Å²) in [5, 5.41) is 4.96. The summed E-state index contributed by atoms with van der Waals surface area (Å²) in [7, 11) is 0. The lowest BCUT2D eigenvalue weighted by Crippen LogP contribution is -2.22. The van der Waals surface area contributed by atoms with Crippen LogP contribution in [-0.2, 0) is 5.41 Å². The van der Waals surface area contributed by atoms with Crippen LogP contribution in [0.1, 0.15) is 36.6 Å². The van der Waals surface area contributed by atoms with E-state index in [2.05, 4.69) is 91.6 Å². The predicted molar refractivity (Wildman–Crippen MR) is 138 cm³/mol.